The minimum absolute atomic E-state index is 0.937. The molecule has 0 spiro atoms. The zero-order valence-corrected chi connectivity index (χ0v) is 28.7. The SMILES string of the molecule is C=C/C=C\C.CCC.c1ccc2c(c1)nc1n(-c3ccc4[nH]c5ccccc5c4c3)c3ccccc3n21.c1ccc2c(c1)oc1ccccc12. The van der Waals surface area contributed by atoms with Crippen molar-refractivity contribution in [3.63, 3.8) is 0 Å². The summed E-state index contributed by atoms with van der Waals surface area (Å²) in [6, 6.07) is 48.1. The van der Waals surface area contributed by atoms with Gasteiger partial charge in [-0.3, -0.25) is 8.97 Å². The number of nitrogens with one attached hydrogen (secondary N) is 1. The second kappa shape index (κ2) is 14.4. The fourth-order valence-corrected chi connectivity index (χ4v) is 6.39. The smallest absolute Gasteiger partial charge is 0.220 e. The standard InChI is InChI=1S/C25H16N4.C12H8O.C5H8.C3H8/c1-2-8-19-17(7-1)18-15-16(13-14-20(18)26-19)28-23-11-5-6-12-24(23)29-22-10-4-3-9-21(22)27-25(28)29;1-3-7-11-9(5-1)10-6-2-4-8-12(10)13-11;1-3-5-4-2;1-3-2/h1-15,26H;1-8H;3-5H,1H2,2H3;3H2,1-2H3/b;;5-4-;. The number of hydrogen-bond donors (Lipinski definition) is 1. The number of nitrogens with zero attached hydrogens (tertiary/aromatic N) is 3. The molecule has 1 N–H and O–H groups in total. The van der Waals surface area contributed by atoms with Crippen LogP contribution in [0.15, 0.2) is 169 Å². The first-order valence-corrected chi connectivity index (χ1v) is 17.1. The highest BCUT2D eigenvalue weighted by atomic mass is 16.3. The van der Waals surface area contributed by atoms with E-state index in [0.29, 0.717) is 0 Å². The number of fused-ring (bicyclic) bond motifs is 11. The molecule has 0 atom stereocenters. The molecule has 0 amide bonds. The third-order valence-corrected chi connectivity index (χ3v) is 8.47. The van der Waals surface area contributed by atoms with E-state index in [9.17, 15) is 0 Å². The first-order chi connectivity index (χ1) is 24.7. The quantitative estimate of drug-likeness (QED) is 0.189. The molecule has 0 aliphatic rings. The van der Waals surface area contributed by atoms with Gasteiger partial charge in [-0.25, -0.2) is 4.98 Å². The molecule has 50 heavy (non-hydrogen) atoms. The summed E-state index contributed by atoms with van der Waals surface area (Å²) in [6.07, 6.45) is 6.83. The van der Waals surface area contributed by atoms with Gasteiger partial charge in [-0.15, -0.1) is 0 Å². The Bertz CT molecular complexity index is 2700. The fourth-order valence-electron chi connectivity index (χ4n) is 6.39. The molecule has 10 rings (SSSR count). The normalized spacial score (nSPS) is 11.2. The Morgan fingerprint density at radius 2 is 1.20 bits per heavy atom. The Kier molecular flexibility index (Phi) is 9.30. The van der Waals surface area contributed by atoms with Crippen molar-refractivity contribution >= 4 is 71.6 Å². The van der Waals surface area contributed by atoms with Gasteiger partial charge < -0.3 is 9.40 Å². The van der Waals surface area contributed by atoms with Gasteiger partial charge >= 0.3 is 0 Å². The number of benzene rings is 6. The number of furan rings is 1. The molecule has 0 bridgehead atoms. The topological polar surface area (TPSA) is 51.2 Å². The van der Waals surface area contributed by atoms with Gasteiger partial charge in [0, 0.05) is 38.3 Å². The third kappa shape index (κ3) is 5.95. The summed E-state index contributed by atoms with van der Waals surface area (Å²) in [6.45, 7) is 9.67. The van der Waals surface area contributed by atoms with Crippen LogP contribution in [0, 0.1) is 0 Å². The molecule has 246 valence electrons. The van der Waals surface area contributed by atoms with Crippen molar-refractivity contribution in [2.45, 2.75) is 27.2 Å². The van der Waals surface area contributed by atoms with Crippen LogP contribution < -0.4 is 0 Å². The van der Waals surface area contributed by atoms with Crippen LogP contribution in [0.4, 0.5) is 0 Å². The van der Waals surface area contributed by atoms with Crippen LogP contribution in [0.25, 0.3) is 77.3 Å². The lowest BCUT2D eigenvalue weighted by atomic mass is 10.1. The molecule has 5 nitrogen and oxygen atoms in total. The van der Waals surface area contributed by atoms with Gasteiger partial charge in [-0.2, -0.15) is 0 Å². The molecule has 10 aromatic rings. The van der Waals surface area contributed by atoms with E-state index in [0.717, 1.165) is 55.7 Å². The van der Waals surface area contributed by atoms with Crippen LogP contribution in [-0.4, -0.2) is 18.9 Å². The van der Waals surface area contributed by atoms with Crippen molar-refractivity contribution in [3.8, 4) is 5.69 Å². The van der Waals surface area contributed by atoms with E-state index in [1.54, 1.807) is 6.08 Å². The van der Waals surface area contributed by atoms with E-state index in [-0.39, 0.29) is 0 Å². The maximum Gasteiger partial charge on any atom is 0.220 e. The van der Waals surface area contributed by atoms with Gasteiger partial charge in [0.25, 0.3) is 0 Å². The largest absolute Gasteiger partial charge is 0.456 e. The Labute approximate surface area is 291 Å². The number of hydrogen-bond acceptors (Lipinski definition) is 2. The van der Waals surface area contributed by atoms with E-state index < -0.39 is 0 Å². The fraction of sp³-hybridized carbons (Fsp3) is 0.0889. The molecule has 0 saturated carbocycles. The predicted molar refractivity (Wildman–Crippen MR) is 214 cm³/mol. The van der Waals surface area contributed by atoms with Gasteiger partial charge in [-0.1, -0.05) is 124 Å². The lowest BCUT2D eigenvalue weighted by Gasteiger charge is -2.05. The summed E-state index contributed by atoms with van der Waals surface area (Å²) in [4.78, 5) is 8.49. The minimum Gasteiger partial charge on any atom is -0.456 e. The van der Waals surface area contributed by atoms with Crippen LogP contribution >= 0.6 is 0 Å². The Morgan fingerprint density at radius 1 is 0.640 bits per heavy atom. The number of allylic oxidation sites excluding steroid dienone is 3. The molecule has 4 aromatic heterocycles. The molecule has 0 unspecified atom stereocenters. The number of imidazole rings is 2. The van der Waals surface area contributed by atoms with Crippen molar-refractivity contribution in [1.29, 1.82) is 0 Å². The molecule has 0 saturated heterocycles. The summed E-state index contributed by atoms with van der Waals surface area (Å²) >= 11 is 0. The summed E-state index contributed by atoms with van der Waals surface area (Å²) in [5.41, 5.74) is 9.80. The van der Waals surface area contributed by atoms with Crippen molar-refractivity contribution < 1.29 is 4.42 Å². The summed E-state index contributed by atoms with van der Waals surface area (Å²) in [5.74, 6) is 0.937. The monoisotopic (exact) mass is 652 g/mol. The van der Waals surface area contributed by atoms with Crippen LogP contribution in [0.1, 0.15) is 27.2 Å². The average Bonchev–Trinajstić information content (AvgIpc) is 3.91. The van der Waals surface area contributed by atoms with E-state index in [1.165, 1.54) is 28.0 Å². The third-order valence-electron chi connectivity index (χ3n) is 8.47. The molecular weight excluding hydrogens is 613 g/mol. The van der Waals surface area contributed by atoms with Crippen LogP contribution in [-0.2, 0) is 0 Å². The minimum atomic E-state index is 0.937. The average molecular weight is 653 g/mol. The number of para-hydroxylation sites is 7. The number of H-pyrrole nitrogens is 1. The van der Waals surface area contributed by atoms with Gasteiger partial charge in [0.15, 0.2) is 0 Å². The van der Waals surface area contributed by atoms with Crippen LogP contribution in [0.3, 0.4) is 0 Å². The molecule has 6 aromatic carbocycles. The van der Waals surface area contributed by atoms with Gasteiger partial charge in [-0.05, 0) is 67.6 Å². The molecule has 0 aliphatic carbocycles. The molecule has 4 heterocycles. The maximum atomic E-state index is 5.65. The number of aromatic nitrogens is 4. The summed E-state index contributed by atoms with van der Waals surface area (Å²) < 4.78 is 10.2. The summed E-state index contributed by atoms with van der Waals surface area (Å²) in [5, 5.41) is 4.85. The van der Waals surface area contributed by atoms with Crippen molar-refractivity contribution in [3.05, 3.63) is 164 Å². The van der Waals surface area contributed by atoms with Crippen molar-refractivity contribution in [1.82, 2.24) is 18.9 Å². The van der Waals surface area contributed by atoms with Gasteiger partial charge in [0.1, 0.15) is 11.2 Å². The van der Waals surface area contributed by atoms with E-state index in [1.807, 2.05) is 61.5 Å². The van der Waals surface area contributed by atoms with Crippen LogP contribution in [0.5, 0.6) is 0 Å². The number of rotatable bonds is 2. The van der Waals surface area contributed by atoms with Gasteiger partial charge in [0.05, 0.1) is 22.1 Å². The van der Waals surface area contributed by atoms with Gasteiger partial charge in [0.2, 0.25) is 5.78 Å². The lowest BCUT2D eigenvalue weighted by molar-refractivity contribution is 0.669. The number of aromatic amines is 1. The van der Waals surface area contributed by atoms with Crippen LogP contribution in [0.2, 0.25) is 0 Å². The maximum absolute atomic E-state index is 5.65. The highest BCUT2D eigenvalue weighted by Crippen LogP contribution is 2.32. The predicted octanol–water partition coefficient (Wildman–Crippen LogP) is 12.8. The zero-order chi connectivity index (χ0) is 34.5. The Hall–Kier alpha value is -6.33. The Morgan fingerprint density at radius 3 is 1.86 bits per heavy atom. The Balaban J connectivity index is 0.000000154. The molecule has 0 radical (unpaired) electrons. The highest BCUT2D eigenvalue weighted by molar-refractivity contribution is 6.08. The van der Waals surface area contributed by atoms with Crippen molar-refractivity contribution in [2.75, 3.05) is 0 Å². The van der Waals surface area contributed by atoms with Crippen molar-refractivity contribution in [2.24, 2.45) is 0 Å². The van der Waals surface area contributed by atoms with E-state index in [2.05, 4.69) is 131 Å². The molecule has 0 aliphatic heterocycles. The summed E-state index contributed by atoms with van der Waals surface area (Å²) in [7, 11) is 0. The molecular formula is C45H40N4O. The van der Waals surface area contributed by atoms with E-state index in [4.69, 9.17) is 9.40 Å². The highest BCUT2D eigenvalue weighted by Gasteiger charge is 2.17. The lowest BCUT2D eigenvalue weighted by Crippen LogP contribution is -1.94. The first-order valence-electron chi connectivity index (χ1n) is 17.1. The first kappa shape index (κ1) is 32.2. The second-order valence-corrected chi connectivity index (χ2v) is 12.0. The van der Waals surface area contributed by atoms with E-state index >= 15 is 0 Å². The second-order valence-electron chi connectivity index (χ2n) is 12.0. The zero-order valence-electron chi connectivity index (χ0n) is 28.7. The molecule has 5 heteroatoms. The molecule has 0 fully saturated rings.